The third-order valence-electron chi connectivity index (χ3n) is 7.93. The van der Waals surface area contributed by atoms with Gasteiger partial charge < -0.3 is 28.4 Å². The molecule has 0 bridgehead atoms. The summed E-state index contributed by atoms with van der Waals surface area (Å²) in [5, 5.41) is 0. The standard InChI is InChI=1S/3C11H25O2P.Fe/c3*1-4-7-8-11(6-3)10-14(12,13)9-5-2;/h3*11H,4-10H2,1-3H3,(H,12,13);/q;;;+3/p-3. The molecule has 0 saturated heterocycles. The average molecular weight is 714 g/mol. The molecule has 0 aliphatic rings. The first kappa shape index (κ1) is 50.9. The van der Waals surface area contributed by atoms with Gasteiger partial charge in [0.2, 0.25) is 0 Å². The van der Waals surface area contributed by atoms with E-state index >= 15 is 0 Å². The zero-order valence-corrected chi connectivity index (χ0v) is 33.5. The molecule has 10 heteroatoms. The summed E-state index contributed by atoms with van der Waals surface area (Å²) in [6.07, 6.45) is 17.9. The van der Waals surface area contributed by atoms with Crippen LogP contribution in [-0.2, 0) is 30.8 Å². The van der Waals surface area contributed by atoms with E-state index in [0.29, 0.717) is 54.7 Å². The van der Waals surface area contributed by atoms with Crippen LogP contribution in [0.3, 0.4) is 0 Å². The van der Waals surface area contributed by atoms with Crippen LogP contribution in [0.2, 0.25) is 0 Å². The van der Waals surface area contributed by atoms with E-state index < -0.39 is 22.1 Å². The minimum atomic E-state index is -3.06. The Morgan fingerprint density at radius 3 is 0.767 bits per heavy atom. The minimum absolute atomic E-state index is 0. The van der Waals surface area contributed by atoms with Crippen molar-refractivity contribution in [1.82, 2.24) is 0 Å². The van der Waals surface area contributed by atoms with Crippen LogP contribution < -0.4 is 14.7 Å². The average Bonchev–Trinajstić information content (AvgIpc) is 2.91. The van der Waals surface area contributed by atoms with Crippen LogP contribution in [-0.4, -0.2) is 37.0 Å². The van der Waals surface area contributed by atoms with E-state index in [9.17, 15) is 28.4 Å². The molecule has 6 atom stereocenters. The predicted octanol–water partition coefficient (Wildman–Crippen LogP) is 9.75. The number of hydrogen-bond donors (Lipinski definition) is 0. The minimum Gasteiger partial charge on any atom is -0.799 e. The van der Waals surface area contributed by atoms with Crippen molar-refractivity contribution in [3.63, 3.8) is 0 Å². The molecular formula is C33H72FeO6P3. The molecule has 0 N–H and O–H groups in total. The van der Waals surface area contributed by atoms with E-state index in [0.717, 1.165) is 96.3 Å². The molecule has 43 heavy (non-hydrogen) atoms. The normalized spacial score (nSPS) is 17.3. The van der Waals surface area contributed by atoms with Gasteiger partial charge in [-0.1, -0.05) is 159 Å². The Morgan fingerprint density at radius 1 is 0.419 bits per heavy atom. The fourth-order valence-corrected chi connectivity index (χ4v) is 11.5. The van der Waals surface area contributed by atoms with E-state index in [4.69, 9.17) is 0 Å². The van der Waals surface area contributed by atoms with Crippen LogP contribution in [0, 0.1) is 17.8 Å². The third kappa shape index (κ3) is 34.2. The van der Waals surface area contributed by atoms with Crippen molar-refractivity contribution in [2.24, 2.45) is 17.8 Å². The maximum Gasteiger partial charge on any atom is 3.00 e. The first-order valence-corrected chi connectivity index (χ1v) is 23.5. The van der Waals surface area contributed by atoms with Crippen molar-refractivity contribution >= 4 is 22.1 Å². The first-order valence-electron chi connectivity index (χ1n) is 17.5. The summed E-state index contributed by atoms with van der Waals surface area (Å²) in [4.78, 5) is 34.8. The van der Waals surface area contributed by atoms with Crippen LogP contribution in [0.25, 0.3) is 0 Å². The number of hydrogen-bond acceptors (Lipinski definition) is 6. The van der Waals surface area contributed by atoms with Crippen LogP contribution in [0.15, 0.2) is 0 Å². The summed E-state index contributed by atoms with van der Waals surface area (Å²) in [6, 6.07) is 0. The second-order valence-electron chi connectivity index (χ2n) is 12.4. The van der Waals surface area contributed by atoms with Crippen LogP contribution >= 0.6 is 22.1 Å². The molecule has 0 aromatic heterocycles. The molecule has 0 aromatic carbocycles. The fourth-order valence-electron chi connectivity index (χ4n) is 5.23. The molecule has 6 unspecified atom stereocenters. The molecule has 0 rings (SSSR count). The van der Waals surface area contributed by atoms with Gasteiger partial charge in [0, 0.05) is 22.1 Å². The van der Waals surface area contributed by atoms with Gasteiger partial charge >= 0.3 is 17.1 Å². The number of unbranched alkanes of at least 4 members (excludes halogenated alkanes) is 3. The van der Waals surface area contributed by atoms with Crippen LogP contribution in [0.5, 0.6) is 0 Å². The van der Waals surface area contributed by atoms with Gasteiger partial charge in [-0.3, -0.25) is 0 Å². The van der Waals surface area contributed by atoms with Gasteiger partial charge in [-0.15, -0.1) is 0 Å². The Labute approximate surface area is 280 Å². The topological polar surface area (TPSA) is 120 Å². The zero-order chi connectivity index (χ0) is 33.1. The summed E-state index contributed by atoms with van der Waals surface area (Å²) in [6.45, 7) is 18.5. The van der Waals surface area contributed by atoms with Gasteiger partial charge in [-0.2, -0.15) is 0 Å². The Balaban J connectivity index is -0.000000262. The SMILES string of the molecule is CCCCC(CC)CP(=O)([O-])CCC.CCCCC(CC)CP(=O)([O-])CCC.CCCCC(CC)CP(=O)([O-])CCC.[Fe+3]. The zero-order valence-electron chi connectivity index (χ0n) is 29.7. The quantitative estimate of drug-likeness (QED) is 0.0726. The van der Waals surface area contributed by atoms with Crippen LogP contribution in [0.4, 0.5) is 0 Å². The van der Waals surface area contributed by atoms with Crippen molar-refractivity contribution in [3.05, 3.63) is 0 Å². The molecule has 1 radical (unpaired) electrons. The maximum atomic E-state index is 11.6. The molecule has 6 nitrogen and oxygen atoms in total. The Hall–Kier alpha value is 1.09. The summed E-state index contributed by atoms with van der Waals surface area (Å²) in [5.41, 5.74) is 0. The molecule has 0 saturated carbocycles. The van der Waals surface area contributed by atoms with Crippen molar-refractivity contribution in [2.45, 2.75) is 159 Å². The van der Waals surface area contributed by atoms with Gasteiger partial charge in [-0.05, 0) is 54.7 Å². The Morgan fingerprint density at radius 2 is 0.628 bits per heavy atom. The predicted molar refractivity (Wildman–Crippen MR) is 183 cm³/mol. The molecule has 263 valence electrons. The second-order valence-corrected chi connectivity index (χ2v) is 19.7. The van der Waals surface area contributed by atoms with E-state index in [1.54, 1.807) is 0 Å². The van der Waals surface area contributed by atoms with E-state index in [1.165, 1.54) is 0 Å². The fraction of sp³-hybridized carbons (Fsp3) is 1.00. The molecule has 0 aliphatic heterocycles. The largest absolute Gasteiger partial charge is 3.00 e. The summed E-state index contributed by atoms with van der Waals surface area (Å²) in [7, 11) is -9.17. The maximum absolute atomic E-state index is 11.6. The Kier molecular flexibility index (Phi) is 37.5. The summed E-state index contributed by atoms with van der Waals surface area (Å²) >= 11 is 0. The monoisotopic (exact) mass is 713 g/mol. The van der Waals surface area contributed by atoms with Crippen molar-refractivity contribution in [3.8, 4) is 0 Å². The summed E-state index contributed by atoms with van der Waals surface area (Å²) < 4.78 is 34.8. The van der Waals surface area contributed by atoms with Gasteiger partial charge in [0.05, 0.1) is 0 Å². The molecule has 0 aromatic rings. The van der Waals surface area contributed by atoms with Gasteiger partial charge in [0.25, 0.3) is 0 Å². The van der Waals surface area contributed by atoms with Crippen LogP contribution in [0.1, 0.15) is 159 Å². The third-order valence-corrected chi connectivity index (χ3v) is 14.5. The second kappa shape index (κ2) is 31.7. The molecule has 0 heterocycles. The van der Waals surface area contributed by atoms with Crippen molar-refractivity contribution < 1.29 is 45.4 Å². The molecule has 0 fully saturated rings. The summed E-state index contributed by atoms with van der Waals surface area (Å²) in [5.74, 6) is 1.18. The number of rotatable bonds is 24. The van der Waals surface area contributed by atoms with Gasteiger partial charge in [0.15, 0.2) is 0 Å². The molecule has 0 aliphatic carbocycles. The molecule has 0 spiro atoms. The first-order chi connectivity index (χ1) is 19.7. The molecular weight excluding hydrogens is 641 g/mol. The van der Waals surface area contributed by atoms with Gasteiger partial charge in [-0.25, -0.2) is 0 Å². The van der Waals surface area contributed by atoms with Crippen molar-refractivity contribution in [1.29, 1.82) is 0 Å². The molecule has 0 amide bonds. The van der Waals surface area contributed by atoms with E-state index in [-0.39, 0.29) is 17.1 Å². The van der Waals surface area contributed by atoms with E-state index in [1.807, 2.05) is 20.8 Å². The Bertz CT molecular complexity index is 642. The van der Waals surface area contributed by atoms with Gasteiger partial charge in [0.1, 0.15) is 0 Å². The van der Waals surface area contributed by atoms with E-state index in [2.05, 4.69) is 41.5 Å². The smallest absolute Gasteiger partial charge is 0.799 e. The van der Waals surface area contributed by atoms with Crippen molar-refractivity contribution in [2.75, 3.05) is 37.0 Å².